The molecule has 0 saturated carbocycles. The Morgan fingerprint density at radius 2 is 0.632 bits per heavy atom. The molecule has 2 aliphatic rings. The number of hydrogen-bond acceptors (Lipinski definition) is 2. The first kappa shape index (κ1) is 45.2. The molecule has 0 spiro atoms. The van der Waals surface area contributed by atoms with Gasteiger partial charge in [0.1, 0.15) is 0 Å². The molecule has 2 aliphatic heterocycles. The Kier molecular flexibility index (Phi) is 14.5. The van der Waals surface area contributed by atoms with Crippen molar-refractivity contribution < 1.29 is 0 Å². The third kappa shape index (κ3) is 9.15. The molecule has 0 N–H and O–H groups in total. The summed E-state index contributed by atoms with van der Waals surface area (Å²) in [6.45, 7) is 28.4. The molecule has 2 saturated heterocycles. The molecule has 0 bridgehead atoms. The first-order valence-corrected chi connectivity index (χ1v) is 50.7. The molecule has 2 fully saturated rings. The van der Waals surface area contributed by atoms with Gasteiger partial charge in [-0.1, -0.05) is 0 Å². The van der Waals surface area contributed by atoms with Crippen molar-refractivity contribution in [3.63, 3.8) is 0 Å². The zero-order chi connectivity index (χ0) is 41.0. The van der Waals surface area contributed by atoms with Crippen LogP contribution in [0.4, 0.5) is 0 Å². The van der Waals surface area contributed by atoms with Gasteiger partial charge >= 0.3 is 360 Å². The van der Waals surface area contributed by atoms with E-state index < -0.39 is 57.8 Å². The fourth-order valence-corrected chi connectivity index (χ4v) is 181. The van der Waals surface area contributed by atoms with E-state index in [9.17, 15) is 0 Å². The predicted octanol–water partition coefficient (Wildman–Crippen LogP) is 9.50. The van der Waals surface area contributed by atoms with Crippen LogP contribution in [0.25, 0.3) is 0 Å². The number of hydrogen-bond donors (Lipinski definition) is 0. The molecule has 6 rings (SSSR count). The van der Waals surface area contributed by atoms with E-state index in [4.69, 9.17) is 0 Å². The van der Waals surface area contributed by atoms with Crippen LogP contribution in [0.1, 0.15) is 38.5 Å². The van der Waals surface area contributed by atoms with Crippen LogP contribution in [0.15, 0.2) is 121 Å². The van der Waals surface area contributed by atoms with E-state index in [1.807, 2.05) is 0 Å². The van der Waals surface area contributed by atoms with Crippen LogP contribution in [0, 0.1) is 0 Å². The van der Waals surface area contributed by atoms with Crippen LogP contribution < -0.4 is 20.7 Å². The molecule has 0 aromatic heterocycles. The van der Waals surface area contributed by atoms with Gasteiger partial charge in [-0.15, -0.1) is 0 Å². The second-order valence-corrected chi connectivity index (χ2v) is 86.1. The van der Waals surface area contributed by atoms with Crippen LogP contribution in [-0.4, -0.2) is 106 Å². The molecule has 9 heteroatoms. The van der Waals surface area contributed by atoms with Gasteiger partial charge in [0.2, 0.25) is 0 Å². The molecule has 308 valence electrons. The second-order valence-electron chi connectivity index (χ2n) is 21.6. The van der Waals surface area contributed by atoms with Gasteiger partial charge in [0.05, 0.1) is 0 Å². The van der Waals surface area contributed by atoms with Gasteiger partial charge in [-0.3, -0.25) is 0 Å². The molecular formula is C48H78GeN2Si6. The standard InChI is InChI=1S/C48H78GeN2Si6/c1-49(2,41-56(52(3,4)5,43-50-37-25-15-26-38-50)54(9,45-29-17-11-18-30-45)46-31-19-12-20-32-46)42-57(53(6,7)8,44-51-39-27-16-28-40-51)55(10,47-33-21-13-22-34-47)48-35-23-14-24-36-48/h11-14,17-24,29-36H,15-16,25-28,37-44H2,1-10H3. The summed E-state index contributed by atoms with van der Waals surface area (Å²) >= 11 is -2.65. The first-order valence-electron chi connectivity index (χ1n) is 22.7. The van der Waals surface area contributed by atoms with Gasteiger partial charge in [0.25, 0.3) is 0 Å². The SMILES string of the molecule is C[Si](C)(C)[Si](CN1CCCCC1)([CH2][Ge]([CH3])([CH3])[CH2][Si](CN1CCCCC1)([Si](C)(C)C)[Si](C)(c1ccccc1)c1ccccc1)[Si](C)(c1ccccc1)c1ccccc1. The zero-order valence-corrected chi connectivity index (χ0v) is 45.9. The Bertz CT molecular complexity index is 1620. The first-order chi connectivity index (χ1) is 27.0. The summed E-state index contributed by atoms with van der Waals surface area (Å²) in [4.78, 5) is 9.40. The van der Waals surface area contributed by atoms with E-state index in [-0.39, 0.29) is 0 Å². The van der Waals surface area contributed by atoms with Crippen LogP contribution in [0.5, 0.6) is 0 Å². The van der Waals surface area contributed by atoms with E-state index in [2.05, 4.69) is 195 Å². The van der Waals surface area contributed by atoms with Gasteiger partial charge in [-0.2, -0.15) is 0 Å². The molecule has 0 aliphatic carbocycles. The third-order valence-corrected chi connectivity index (χ3v) is 123. The monoisotopic (exact) mass is 924 g/mol. The number of likely N-dealkylation sites (tertiary alicyclic amines) is 2. The molecular weight excluding hydrogens is 846 g/mol. The molecule has 4 aromatic rings. The summed E-state index contributed by atoms with van der Waals surface area (Å²) in [6, 6.07) is 49.0. The van der Waals surface area contributed by atoms with Crippen molar-refractivity contribution in [2.75, 3.05) is 38.5 Å². The quantitative estimate of drug-likeness (QED) is 0.104. The average molecular weight is 924 g/mol. The predicted molar refractivity (Wildman–Crippen MR) is 273 cm³/mol. The minimum absolute atomic E-state index is 1.32. The van der Waals surface area contributed by atoms with Gasteiger partial charge in [0.15, 0.2) is 0 Å². The molecule has 0 amide bonds. The summed E-state index contributed by atoms with van der Waals surface area (Å²) in [5.74, 6) is 6.04. The topological polar surface area (TPSA) is 6.48 Å². The van der Waals surface area contributed by atoms with E-state index in [0.29, 0.717) is 0 Å². The fraction of sp³-hybridized carbons (Fsp3) is 0.500. The van der Waals surface area contributed by atoms with Crippen LogP contribution in [-0.2, 0) is 0 Å². The van der Waals surface area contributed by atoms with E-state index >= 15 is 0 Å². The van der Waals surface area contributed by atoms with Crippen molar-refractivity contribution in [2.45, 2.75) is 112 Å². The van der Waals surface area contributed by atoms with Crippen LogP contribution in [0.2, 0.25) is 73.6 Å². The van der Waals surface area contributed by atoms with Gasteiger partial charge < -0.3 is 0 Å². The molecule has 2 atom stereocenters. The van der Waals surface area contributed by atoms with Gasteiger partial charge in [0, 0.05) is 0 Å². The summed E-state index contributed by atoms with van der Waals surface area (Å²) in [7, 11) is -12.0. The summed E-state index contributed by atoms with van der Waals surface area (Å²) in [6.07, 6.45) is 11.2. The molecule has 2 unspecified atom stereocenters. The van der Waals surface area contributed by atoms with Crippen molar-refractivity contribution in [1.29, 1.82) is 0 Å². The Labute approximate surface area is 357 Å². The molecule has 57 heavy (non-hydrogen) atoms. The molecule has 2 heterocycles. The normalized spacial score (nSPS) is 19.1. The van der Waals surface area contributed by atoms with E-state index in [0.717, 1.165) is 0 Å². The summed E-state index contributed by atoms with van der Waals surface area (Å²) in [5.41, 5.74) is 0. The maximum absolute atomic E-state index is 3.06. The van der Waals surface area contributed by atoms with Crippen molar-refractivity contribution in [3.05, 3.63) is 121 Å². The second kappa shape index (κ2) is 18.3. The Hall–Kier alpha value is -1.36. The summed E-state index contributed by atoms with van der Waals surface area (Å²) in [5, 5.41) is 6.93. The van der Waals surface area contributed by atoms with Crippen LogP contribution >= 0.6 is 0 Å². The van der Waals surface area contributed by atoms with Crippen molar-refractivity contribution in [2.24, 2.45) is 0 Å². The van der Waals surface area contributed by atoms with Gasteiger partial charge in [-0.05, 0) is 0 Å². The van der Waals surface area contributed by atoms with Gasteiger partial charge in [-0.25, -0.2) is 0 Å². The van der Waals surface area contributed by atoms with E-state index in [1.54, 1.807) is 30.5 Å². The zero-order valence-electron chi connectivity index (χ0n) is 37.8. The number of piperidine rings is 2. The van der Waals surface area contributed by atoms with Crippen molar-refractivity contribution in [3.8, 4) is 0 Å². The van der Waals surface area contributed by atoms with Crippen molar-refractivity contribution >= 4 is 78.6 Å². The molecule has 2 nitrogen and oxygen atoms in total. The molecule has 4 aromatic carbocycles. The Morgan fingerprint density at radius 1 is 0.386 bits per heavy atom. The van der Waals surface area contributed by atoms with Crippen LogP contribution in [0.3, 0.4) is 0 Å². The molecule has 0 radical (unpaired) electrons. The average Bonchev–Trinajstić information content (AvgIpc) is 3.20. The Morgan fingerprint density at radius 3 is 0.860 bits per heavy atom. The fourth-order valence-electron chi connectivity index (χ4n) is 12.5. The summed E-state index contributed by atoms with van der Waals surface area (Å²) < 4.78 is 0. The van der Waals surface area contributed by atoms with E-state index in [1.165, 1.54) is 77.0 Å². The van der Waals surface area contributed by atoms with Crippen molar-refractivity contribution in [1.82, 2.24) is 9.80 Å². The number of nitrogens with zero attached hydrogens (tertiary/aromatic N) is 2. The number of rotatable bonds is 16. The number of benzene rings is 4. The minimum atomic E-state index is -2.65. The maximum atomic E-state index is 3.06. The Balaban J connectivity index is 1.62. The third-order valence-electron chi connectivity index (χ3n) is 15.6.